The van der Waals surface area contributed by atoms with Gasteiger partial charge in [0.05, 0.1) is 6.07 Å². The zero-order valence-corrected chi connectivity index (χ0v) is 11.4. The number of nitrogens with one attached hydrogen (secondary N) is 1. The molecule has 1 aromatic carbocycles. The van der Waals surface area contributed by atoms with Gasteiger partial charge in [0.2, 0.25) is 5.91 Å². The summed E-state index contributed by atoms with van der Waals surface area (Å²) in [5, 5.41) is 12.0. The molecule has 0 saturated heterocycles. The lowest BCUT2D eigenvalue weighted by atomic mass is 9.69. The molecule has 1 aliphatic rings. The average molecular weight is 256 g/mol. The van der Waals surface area contributed by atoms with E-state index in [0.29, 0.717) is 19.4 Å². The lowest BCUT2D eigenvalue weighted by molar-refractivity contribution is -0.131. The summed E-state index contributed by atoms with van der Waals surface area (Å²) in [5.41, 5.74) is 1.66. The smallest absolute Gasteiger partial charge is 0.240 e. The number of aryl methyl sites for hydroxylation is 1. The Bertz CT molecular complexity index is 480. The van der Waals surface area contributed by atoms with Gasteiger partial charge >= 0.3 is 0 Å². The summed E-state index contributed by atoms with van der Waals surface area (Å²) in [5.74, 6) is -0.112. The first kappa shape index (κ1) is 13.6. The maximum atomic E-state index is 12.0. The SMILES string of the molecule is CCCc1ccc(CNC(=O)C2(C#N)CCC2)cc1. The van der Waals surface area contributed by atoms with E-state index in [2.05, 4.69) is 30.4 Å². The molecule has 19 heavy (non-hydrogen) atoms. The predicted molar refractivity (Wildman–Crippen MR) is 74.2 cm³/mol. The van der Waals surface area contributed by atoms with E-state index in [-0.39, 0.29) is 5.91 Å². The van der Waals surface area contributed by atoms with Crippen LogP contribution in [0, 0.1) is 16.7 Å². The van der Waals surface area contributed by atoms with Gasteiger partial charge in [-0.2, -0.15) is 5.26 Å². The summed E-state index contributed by atoms with van der Waals surface area (Å²) in [6, 6.07) is 10.5. The number of rotatable bonds is 5. The van der Waals surface area contributed by atoms with E-state index in [1.54, 1.807) is 0 Å². The number of carbonyl (C=O) groups excluding carboxylic acids is 1. The fourth-order valence-electron chi connectivity index (χ4n) is 2.38. The number of hydrogen-bond acceptors (Lipinski definition) is 2. The molecule has 1 amide bonds. The Kier molecular flexibility index (Phi) is 4.21. The van der Waals surface area contributed by atoms with Crippen LogP contribution in [0.5, 0.6) is 0 Å². The lowest BCUT2D eigenvalue weighted by Crippen LogP contribution is -2.44. The third-order valence-electron chi connectivity index (χ3n) is 3.87. The first-order chi connectivity index (χ1) is 9.20. The molecule has 1 aliphatic carbocycles. The second-order valence-electron chi connectivity index (χ2n) is 5.30. The first-order valence-corrected chi connectivity index (χ1v) is 6.97. The normalized spacial score (nSPS) is 16.2. The van der Waals surface area contributed by atoms with E-state index < -0.39 is 5.41 Å². The highest BCUT2D eigenvalue weighted by atomic mass is 16.2. The van der Waals surface area contributed by atoms with Crippen molar-refractivity contribution in [2.75, 3.05) is 0 Å². The molecule has 1 fully saturated rings. The van der Waals surface area contributed by atoms with Crippen molar-refractivity contribution in [1.29, 1.82) is 5.26 Å². The van der Waals surface area contributed by atoms with Crippen molar-refractivity contribution >= 4 is 5.91 Å². The van der Waals surface area contributed by atoms with Gasteiger partial charge in [-0.3, -0.25) is 4.79 Å². The molecule has 0 aromatic heterocycles. The molecule has 0 heterocycles. The predicted octanol–water partition coefficient (Wildman–Crippen LogP) is 2.95. The minimum Gasteiger partial charge on any atom is -0.351 e. The van der Waals surface area contributed by atoms with Crippen LogP contribution in [0.3, 0.4) is 0 Å². The summed E-state index contributed by atoms with van der Waals surface area (Å²) in [6.45, 7) is 2.67. The second kappa shape index (κ2) is 5.88. The molecule has 1 saturated carbocycles. The standard InChI is InChI=1S/C16H20N2O/c1-2-4-13-5-7-14(8-6-13)11-18-15(19)16(12-17)9-3-10-16/h5-8H,2-4,9-11H2,1H3,(H,18,19). The molecule has 0 atom stereocenters. The molecule has 2 rings (SSSR count). The van der Waals surface area contributed by atoms with Gasteiger partial charge in [0.1, 0.15) is 5.41 Å². The van der Waals surface area contributed by atoms with Crippen LogP contribution in [0.1, 0.15) is 43.7 Å². The minimum absolute atomic E-state index is 0.112. The van der Waals surface area contributed by atoms with Gasteiger partial charge in [-0.15, -0.1) is 0 Å². The number of nitriles is 1. The topological polar surface area (TPSA) is 52.9 Å². The number of amides is 1. The Morgan fingerprint density at radius 1 is 1.32 bits per heavy atom. The number of benzene rings is 1. The van der Waals surface area contributed by atoms with E-state index in [1.807, 2.05) is 12.1 Å². The van der Waals surface area contributed by atoms with Crippen LogP contribution in [0.2, 0.25) is 0 Å². The van der Waals surface area contributed by atoms with Gasteiger partial charge < -0.3 is 5.32 Å². The van der Waals surface area contributed by atoms with Crippen molar-refractivity contribution in [2.45, 2.75) is 45.6 Å². The number of carbonyl (C=O) groups is 1. The largest absolute Gasteiger partial charge is 0.351 e. The monoisotopic (exact) mass is 256 g/mol. The Labute approximate surface area is 114 Å². The van der Waals surface area contributed by atoms with Crippen LogP contribution in [0.15, 0.2) is 24.3 Å². The Morgan fingerprint density at radius 3 is 2.42 bits per heavy atom. The van der Waals surface area contributed by atoms with Crippen molar-refractivity contribution in [3.05, 3.63) is 35.4 Å². The van der Waals surface area contributed by atoms with Crippen LogP contribution < -0.4 is 5.32 Å². The summed E-state index contributed by atoms with van der Waals surface area (Å²) in [4.78, 5) is 12.0. The molecule has 3 heteroatoms. The quantitative estimate of drug-likeness (QED) is 0.880. The fourth-order valence-corrected chi connectivity index (χ4v) is 2.38. The molecule has 0 unspecified atom stereocenters. The van der Waals surface area contributed by atoms with Gasteiger partial charge in [0.25, 0.3) is 0 Å². The molecule has 100 valence electrons. The third-order valence-corrected chi connectivity index (χ3v) is 3.87. The van der Waals surface area contributed by atoms with Crippen molar-refractivity contribution in [1.82, 2.24) is 5.32 Å². The average Bonchev–Trinajstić information content (AvgIpc) is 2.38. The molecule has 0 bridgehead atoms. The maximum Gasteiger partial charge on any atom is 0.240 e. The second-order valence-corrected chi connectivity index (χ2v) is 5.30. The van der Waals surface area contributed by atoms with Gasteiger partial charge in [0, 0.05) is 6.54 Å². The molecular formula is C16H20N2O. The van der Waals surface area contributed by atoms with Crippen LogP contribution in [0.25, 0.3) is 0 Å². The fraction of sp³-hybridized carbons (Fsp3) is 0.500. The highest BCUT2D eigenvalue weighted by Gasteiger charge is 2.44. The van der Waals surface area contributed by atoms with E-state index in [1.165, 1.54) is 5.56 Å². The summed E-state index contributed by atoms with van der Waals surface area (Å²) < 4.78 is 0. The molecule has 1 N–H and O–H groups in total. The third kappa shape index (κ3) is 2.96. The van der Waals surface area contributed by atoms with E-state index in [4.69, 9.17) is 5.26 Å². The minimum atomic E-state index is -0.748. The molecular weight excluding hydrogens is 236 g/mol. The zero-order valence-electron chi connectivity index (χ0n) is 11.4. The van der Waals surface area contributed by atoms with Gasteiger partial charge in [-0.05, 0) is 36.8 Å². The Morgan fingerprint density at radius 2 is 1.95 bits per heavy atom. The summed E-state index contributed by atoms with van der Waals surface area (Å²) in [7, 11) is 0. The summed E-state index contributed by atoms with van der Waals surface area (Å²) >= 11 is 0. The first-order valence-electron chi connectivity index (χ1n) is 6.97. The van der Waals surface area contributed by atoms with E-state index in [0.717, 1.165) is 24.8 Å². The van der Waals surface area contributed by atoms with E-state index >= 15 is 0 Å². The number of hydrogen-bond donors (Lipinski definition) is 1. The van der Waals surface area contributed by atoms with Crippen LogP contribution in [-0.4, -0.2) is 5.91 Å². The Hall–Kier alpha value is -1.82. The molecule has 0 spiro atoms. The van der Waals surface area contributed by atoms with Crippen LogP contribution in [-0.2, 0) is 17.8 Å². The van der Waals surface area contributed by atoms with Gasteiger partial charge in [-0.1, -0.05) is 37.6 Å². The number of nitrogens with zero attached hydrogens (tertiary/aromatic N) is 1. The maximum absolute atomic E-state index is 12.0. The highest BCUT2D eigenvalue weighted by molar-refractivity contribution is 5.86. The van der Waals surface area contributed by atoms with Crippen molar-refractivity contribution in [2.24, 2.45) is 5.41 Å². The Balaban J connectivity index is 1.88. The zero-order chi connectivity index (χ0) is 13.7. The van der Waals surface area contributed by atoms with Crippen molar-refractivity contribution in [3.8, 4) is 6.07 Å². The lowest BCUT2D eigenvalue weighted by Gasteiger charge is -2.33. The highest BCUT2D eigenvalue weighted by Crippen LogP contribution is 2.40. The van der Waals surface area contributed by atoms with Crippen molar-refractivity contribution < 1.29 is 4.79 Å². The van der Waals surface area contributed by atoms with Crippen molar-refractivity contribution in [3.63, 3.8) is 0 Å². The molecule has 1 aromatic rings. The molecule has 0 radical (unpaired) electrons. The van der Waals surface area contributed by atoms with Crippen LogP contribution in [0.4, 0.5) is 0 Å². The van der Waals surface area contributed by atoms with Gasteiger partial charge in [-0.25, -0.2) is 0 Å². The van der Waals surface area contributed by atoms with E-state index in [9.17, 15) is 4.79 Å². The molecule has 3 nitrogen and oxygen atoms in total. The molecule has 0 aliphatic heterocycles. The van der Waals surface area contributed by atoms with Crippen LogP contribution >= 0.6 is 0 Å². The van der Waals surface area contributed by atoms with Gasteiger partial charge in [0.15, 0.2) is 0 Å². The summed E-state index contributed by atoms with van der Waals surface area (Å²) in [6.07, 6.45) is 4.60.